The highest BCUT2D eigenvalue weighted by Gasteiger charge is 2.22. The summed E-state index contributed by atoms with van der Waals surface area (Å²) < 4.78 is 0. The summed E-state index contributed by atoms with van der Waals surface area (Å²) in [5.74, 6) is 0.351. The molecule has 0 amide bonds. The number of aromatic hydroxyl groups is 1. The summed E-state index contributed by atoms with van der Waals surface area (Å²) in [5, 5.41) is 21.2. The van der Waals surface area contributed by atoms with Gasteiger partial charge in [0.25, 0.3) is 0 Å². The molecule has 4 heteroatoms. The van der Waals surface area contributed by atoms with Crippen molar-refractivity contribution in [2.45, 2.75) is 18.9 Å². The third-order valence-electron chi connectivity index (χ3n) is 3.99. The zero-order valence-corrected chi connectivity index (χ0v) is 10.9. The number of anilines is 1. The first-order valence-electron chi connectivity index (χ1n) is 6.81. The van der Waals surface area contributed by atoms with Crippen LogP contribution >= 0.6 is 0 Å². The molecule has 4 nitrogen and oxygen atoms in total. The number of nitrogens with zero attached hydrogens (tertiary/aromatic N) is 1. The molecule has 0 bridgehead atoms. The number of fused-ring (bicyclic) bond motifs is 2. The van der Waals surface area contributed by atoms with Gasteiger partial charge in [0.2, 0.25) is 0 Å². The summed E-state index contributed by atoms with van der Waals surface area (Å²) >= 11 is 0. The molecule has 2 aromatic carbocycles. The predicted octanol–water partition coefficient (Wildman–Crippen LogP) is 3.37. The van der Waals surface area contributed by atoms with Crippen LogP contribution in [0.5, 0.6) is 5.75 Å². The largest absolute Gasteiger partial charge is 0.508 e. The monoisotopic (exact) mass is 265 g/mol. The number of nitrogens with one attached hydrogen (secondary N) is 2. The number of hydrogen-bond donors (Lipinski definition) is 3. The maximum absolute atomic E-state index is 9.54. The lowest BCUT2D eigenvalue weighted by Gasteiger charge is -2.15. The van der Waals surface area contributed by atoms with Gasteiger partial charge in [-0.3, -0.25) is 5.10 Å². The molecule has 0 aliphatic heterocycles. The molecule has 1 unspecified atom stereocenters. The number of phenols is 1. The average Bonchev–Trinajstić information content (AvgIpc) is 3.05. The lowest BCUT2D eigenvalue weighted by atomic mass is 10.1. The summed E-state index contributed by atoms with van der Waals surface area (Å²) in [7, 11) is 0. The fraction of sp³-hybridized carbons (Fsp3) is 0.188. The van der Waals surface area contributed by atoms with Crippen LogP contribution in [-0.4, -0.2) is 15.3 Å². The van der Waals surface area contributed by atoms with Crippen LogP contribution < -0.4 is 5.32 Å². The topological polar surface area (TPSA) is 60.9 Å². The van der Waals surface area contributed by atoms with Crippen LogP contribution in [0.2, 0.25) is 0 Å². The van der Waals surface area contributed by atoms with E-state index in [1.54, 1.807) is 6.07 Å². The minimum Gasteiger partial charge on any atom is -0.508 e. The Balaban J connectivity index is 1.64. The Morgan fingerprint density at radius 3 is 3.10 bits per heavy atom. The third kappa shape index (κ3) is 1.81. The second-order valence-electron chi connectivity index (χ2n) is 5.29. The number of H-pyrrole nitrogens is 1. The van der Waals surface area contributed by atoms with E-state index in [0.717, 1.165) is 29.4 Å². The molecule has 1 atom stereocenters. The van der Waals surface area contributed by atoms with Crippen molar-refractivity contribution in [1.29, 1.82) is 0 Å². The molecule has 1 aliphatic rings. The van der Waals surface area contributed by atoms with E-state index in [1.165, 1.54) is 11.1 Å². The normalized spacial score (nSPS) is 17.3. The molecule has 100 valence electrons. The van der Waals surface area contributed by atoms with E-state index in [2.05, 4.69) is 27.6 Å². The fourth-order valence-corrected chi connectivity index (χ4v) is 2.99. The van der Waals surface area contributed by atoms with Crippen LogP contribution in [0.3, 0.4) is 0 Å². The molecule has 1 heterocycles. The van der Waals surface area contributed by atoms with Crippen LogP contribution in [0.15, 0.2) is 42.6 Å². The number of aromatic nitrogens is 2. The molecule has 4 rings (SSSR count). The first-order chi connectivity index (χ1) is 9.79. The summed E-state index contributed by atoms with van der Waals surface area (Å²) in [6.45, 7) is 0. The number of aryl methyl sites for hydroxylation is 1. The molecule has 0 radical (unpaired) electrons. The Bertz CT molecular complexity index is 778. The van der Waals surface area contributed by atoms with Crippen molar-refractivity contribution in [1.82, 2.24) is 10.2 Å². The van der Waals surface area contributed by atoms with Gasteiger partial charge in [0.05, 0.1) is 17.8 Å². The van der Waals surface area contributed by atoms with E-state index in [0.29, 0.717) is 11.8 Å². The van der Waals surface area contributed by atoms with Gasteiger partial charge in [-0.2, -0.15) is 5.10 Å². The van der Waals surface area contributed by atoms with E-state index in [1.807, 2.05) is 24.4 Å². The number of benzene rings is 2. The van der Waals surface area contributed by atoms with Gasteiger partial charge in [0.15, 0.2) is 0 Å². The van der Waals surface area contributed by atoms with Crippen LogP contribution in [0.25, 0.3) is 10.9 Å². The van der Waals surface area contributed by atoms with Crippen molar-refractivity contribution < 1.29 is 5.11 Å². The zero-order chi connectivity index (χ0) is 13.5. The SMILES string of the molecule is Oc1ccc2c(c1)CCC2Nc1ccc2[nH]ncc2c1. The minimum atomic E-state index is 0.315. The van der Waals surface area contributed by atoms with Gasteiger partial charge in [-0.05, 0) is 54.3 Å². The quantitative estimate of drug-likeness (QED) is 0.665. The number of rotatable bonds is 2. The fourth-order valence-electron chi connectivity index (χ4n) is 2.99. The molecule has 0 fully saturated rings. The Morgan fingerprint density at radius 2 is 2.15 bits per heavy atom. The van der Waals surface area contributed by atoms with E-state index in [4.69, 9.17) is 0 Å². The van der Waals surface area contributed by atoms with Crippen LogP contribution in [0.4, 0.5) is 5.69 Å². The number of hydrogen-bond acceptors (Lipinski definition) is 3. The van der Waals surface area contributed by atoms with Crippen LogP contribution in [0.1, 0.15) is 23.6 Å². The summed E-state index contributed by atoms with van der Waals surface area (Å²) in [6, 6.07) is 12.2. The highest BCUT2D eigenvalue weighted by molar-refractivity contribution is 5.81. The third-order valence-corrected chi connectivity index (χ3v) is 3.99. The van der Waals surface area contributed by atoms with E-state index >= 15 is 0 Å². The molecule has 3 aromatic rings. The molecular weight excluding hydrogens is 250 g/mol. The Morgan fingerprint density at radius 1 is 1.20 bits per heavy atom. The van der Waals surface area contributed by atoms with E-state index in [-0.39, 0.29) is 0 Å². The van der Waals surface area contributed by atoms with E-state index in [9.17, 15) is 5.11 Å². The van der Waals surface area contributed by atoms with Crippen molar-refractivity contribution in [3.63, 3.8) is 0 Å². The lowest BCUT2D eigenvalue weighted by molar-refractivity contribution is 0.474. The van der Waals surface area contributed by atoms with Gasteiger partial charge in [0.1, 0.15) is 5.75 Å². The lowest BCUT2D eigenvalue weighted by Crippen LogP contribution is -2.06. The molecular formula is C16H15N3O. The van der Waals surface area contributed by atoms with Gasteiger partial charge in [-0.1, -0.05) is 6.07 Å². The first kappa shape index (κ1) is 11.3. The molecule has 1 aliphatic carbocycles. The molecule has 0 spiro atoms. The molecule has 1 aromatic heterocycles. The van der Waals surface area contributed by atoms with Gasteiger partial charge in [-0.15, -0.1) is 0 Å². The highest BCUT2D eigenvalue weighted by atomic mass is 16.3. The smallest absolute Gasteiger partial charge is 0.115 e. The first-order valence-corrected chi connectivity index (χ1v) is 6.81. The van der Waals surface area contributed by atoms with Crippen LogP contribution in [-0.2, 0) is 6.42 Å². The van der Waals surface area contributed by atoms with E-state index < -0.39 is 0 Å². The number of aromatic amines is 1. The van der Waals surface area contributed by atoms with Crippen molar-refractivity contribution in [2.75, 3.05) is 5.32 Å². The van der Waals surface area contributed by atoms with Gasteiger partial charge in [0, 0.05) is 11.1 Å². The molecule has 0 saturated heterocycles. The average molecular weight is 265 g/mol. The van der Waals surface area contributed by atoms with Gasteiger partial charge >= 0.3 is 0 Å². The second kappa shape index (κ2) is 4.27. The summed E-state index contributed by atoms with van der Waals surface area (Å²) in [4.78, 5) is 0. The van der Waals surface area contributed by atoms with Crippen molar-refractivity contribution >= 4 is 16.6 Å². The molecule has 0 saturated carbocycles. The van der Waals surface area contributed by atoms with Crippen molar-refractivity contribution in [2.24, 2.45) is 0 Å². The van der Waals surface area contributed by atoms with Gasteiger partial charge in [-0.25, -0.2) is 0 Å². The summed E-state index contributed by atoms with van der Waals surface area (Å²) in [6.07, 6.45) is 3.90. The van der Waals surface area contributed by atoms with Crippen LogP contribution in [0, 0.1) is 0 Å². The maximum atomic E-state index is 9.54. The second-order valence-corrected chi connectivity index (χ2v) is 5.29. The predicted molar refractivity (Wildman–Crippen MR) is 78.9 cm³/mol. The number of phenolic OH excluding ortho intramolecular Hbond substituents is 1. The standard InChI is InChI=1S/C16H15N3O/c20-13-3-4-14-10(8-13)1-5-16(14)18-12-2-6-15-11(7-12)9-17-19-15/h2-4,6-9,16,18,20H,1,5H2,(H,17,19). The van der Waals surface area contributed by atoms with Crippen molar-refractivity contribution in [3.8, 4) is 5.75 Å². The highest BCUT2D eigenvalue weighted by Crippen LogP contribution is 2.35. The Hall–Kier alpha value is -2.49. The molecule has 20 heavy (non-hydrogen) atoms. The zero-order valence-electron chi connectivity index (χ0n) is 10.9. The maximum Gasteiger partial charge on any atom is 0.115 e. The minimum absolute atomic E-state index is 0.315. The Kier molecular flexibility index (Phi) is 2.42. The van der Waals surface area contributed by atoms with Gasteiger partial charge < -0.3 is 10.4 Å². The van der Waals surface area contributed by atoms with Crippen molar-refractivity contribution in [3.05, 3.63) is 53.7 Å². The Labute approximate surface area is 116 Å². The molecule has 3 N–H and O–H groups in total. The summed E-state index contributed by atoms with van der Waals surface area (Å²) in [5.41, 5.74) is 4.68.